The molecule has 0 radical (unpaired) electrons. The number of hydrogen-bond acceptors (Lipinski definition) is 5. The van der Waals surface area contributed by atoms with Gasteiger partial charge in [0, 0.05) is 31.6 Å². The van der Waals surface area contributed by atoms with Gasteiger partial charge < -0.3 is 15.0 Å². The fourth-order valence-electron chi connectivity index (χ4n) is 3.43. The van der Waals surface area contributed by atoms with Crippen molar-refractivity contribution >= 4 is 5.91 Å². The minimum Gasteiger partial charge on any atom is -0.393 e. The fourth-order valence-corrected chi connectivity index (χ4v) is 3.43. The van der Waals surface area contributed by atoms with Gasteiger partial charge in [-0.25, -0.2) is 0 Å². The van der Waals surface area contributed by atoms with E-state index in [1.807, 2.05) is 30.7 Å². The third-order valence-electron chi connectivity index (χ3n) is 4.78. The lowest BCUT2D eigenvalue weighted by Gasteiger charge is -2.15. The van der Waals surface area contributed by atoms with E-state index in [0.717, 1.165) is 24.2 Å². The minimum atomic E-state index is -0.443. The Hall–Kier alpha value is -2.28. The van der Waals surface area contributed by atoms with Crippen LogP contribution in [0.3, 0.4) is 0 Å². The quantitative estimate of drug-likeness (QED) is 0.855. The van der Waals surface area contributed by atoms with Crippen molar-refractivity contribution < 1.29 is 9.90 Å². The van der Waals surface area contributed by atoms with Crippen LogP contribution >= 0.6 is 0 Å². The number of aryl methyl sites for hydroxylation is 2. The molecule has 3 rings (SSSR count). The van der Waals surface area contributed by atoms with Gasteiger partial charge in [-0.1, -0.05) is 13.0 Å². The normalized spacial score (nSPS) is 23.4. The lowest BCUT2D eigenvalue weighted by Crippen LogP contribution is -2.33. The molecular formula is C17H23N5O2. The smallest absolute Gasteiger partial charge is 0.270 e. The van der Waals surface area contributed by atoms with Crippen LogP contribution in [-0.2, 0) is 13.5 Å². The first-order chi connectivity index (χ1) is 11.6. The Balaban J connectivity index is 1.60. The van der Waals surface area contributed by atoms with Crippen molar-refractivity contribution in [2.24, 2.45) is 13.0 Å². The van der Waals surface area contributed by atoms with Crippen LogP contribution in [0.4, 0.5) is 0 Å². The van der Waals surface area contributed by atoms with E-state index in [9.17, 15) is 9.90 Å². The number of hydrogen-bond donors (Lipinski definition) is 2. The summed E-state index contributed by atoms with van der Waals surface area (Å²) in [6.45, 7) is 2.44. The highest BCUT2D eigenvalue weighted by molar-refractivity contribution is 5.93. The number of aromatic nitrogens is 4. The van der Waals surface area contributed by atoms with Gasteiger partial charge in [0.05, 0.1) is 6.10 Å². The molecule has 0 saturated heterocycles. The molecule has 1 saturated carbocycles. The largest absolute Gasteiger partial charge is 0.393 e. The van der Waals surface area contributed by atoms with Crippen molar-refractivity contribution in [3.8, 4) is 0 Å². The molecule has 0 unspecified atom stereocenters. The maximum absolute atomic E-state index is 12.4. The molecule has 2 heterocycles. The Bertz CT molecular complexity index is 715. The Labute approximate surface area is 141 Å². The average molecular weight is 329 g/mol. The molecule has 0 spiro atoms. The van der Waals surface area contributed by atoms with Gasteiger partial charge in [0.1, 0.15) is 17.8 Å². The first-order valence-electron chi connectivity index (χ1n) is 8.34. The zero-order valence-corrected chi connectivity index (χ0v) is 14.0. The van der Waals surface area contributed by atoms with Crippen LogP contribution in [0.1, 0.15) is 47.6 Å². The van der Waals surface area contributed by atoms with E-state index >= 15 is 0 Å². The molecule has 0 aromatic carbocycles. The number of nitrogens with zero attached hydrogens (tertiary/aromatic N) is 4. The Morgan fingerprint density at radius 1 is 1.46 bits per heavy atom. The Morgan fingerprint density at radius 3 is 3.00 bits per heavy atom. The van der Waals surface area contributed by atoms with Gasteiger partial charge in [-0.2, -0.15) is 0 Å². The molecule has 0 aliphatic heterocycles. The summed E-state index contributed by atoms with van der Waals surface area (Å²) >= 11 is 0. The highest BCUT2D eigenvalue weighted by Crippen LogP contribution is 2.37. The van der Waals surface area contributed by atoms with Crippen LogP contribution in [0.5, 0.6) is 0 Å². The molecular weight excluding hydrogens is 306 g/mol. The molecule has 3 atom stereocenters. The lowest BCUT2D eigenvalue weighted by molar-refractivity contribution is 0.0911. The van der Waals surface area contributed by atoms with Crippen molar-refractivity contribution in [2.75, 3.05) is 6.54 Å². The Kier molecular flexibility index (Phi) is 4.89. The van der Waals surface area contributed by atoms with Crippen molar-refractivity contribution in [3.05, 3.63) is 41.7 Å². The SMILES string of the molecule is CCc1cccnc1C(=O)NC[C@H]1C[C@H](c2nncn2C)C[C@H]1O. The van der Waals surface area contributed by atoms with Crippen LogP contribution < -0.4 is 5.32 Å². The number of pyridine rings is 1. The summed E-state index contributed by atoms with van der Waals surface area (Å²) in [5.41, 5.74) is 1.40. The number of carbonyl (C=O) groups excluding carboxylic acids is 1. The molecule has 1 amide bonds. The van der Waals surface area contributed by atoms with E-state index in [4.69, 9.17) is 0 Å². The molecule has 2 N–H and O–H groups in total. The van der Waals surface area contributed by atoms with Gasteiger partial charge in [0.15, 0.2) is 0 Å². The first-order valence-corrected chi connectivity index (χ1v) is 8.34. The van der Waals surface area contributed by atoms with Crippen molar-refractivity contribution in [1.29, 1.82) is 0 Å². The van der Waals surface area contributed by atoms with Crippen molar-refractivity contribution in [3.63, 3.8) is 0 Å². The average Bonchev–Trinajstić information content (AvgIpc) is 3.18. The number of carbonyl (C=O) groups is 1. The molecule has 1 aliphatic rings. The first kappa shape index (κ1) is 16.6. The summed E-state index contributed by atoms with van der Waals surface area (Å²) in [4.78, 5) is 16.6. The van der Waals surface area contributed by atoms with E-state index in [-0.39, 0.29) is 17.7 Å². The second kappa shape index (κ2) is 7.09. The molecule has 2 aromatic rings. The maximum atomic E-state index is 12.4. The van der Waals surface area contributed by atoms with Crippen molar-refractivity contribution in [1.82, 2.24) is 25.1 Å². The van der Waals surface area contributed by atoms with Gasteiger partial charge in [0.25, 0.3) is 5.91 Å². The number of nitrogens with one attached hydrogen (secondary N) is 1. The summed E-state index contributed by atoms with van der Waals surface area (Å²) in [5, 5.41) is 21.3. The number of rotatable bonds is 5. The maximum Gasteiger partial charge on any atom is 0.270 e. The molecule has 1 fully saturated rings. The standard InChI is InChI=1S/C17H23N5O2/c1-3-11-5-4-6-18-15(11)17(24)19-9-13-7-12(8-14(13)23)16-21-20-10-22(16)2/h4-6,10,12-14,23H,3,7-9H2,1-2H3,(H,19,24)/t12-,13+,14+/m0/s1. The van der Waals surface area contributed by atoms with Gasteiger partial charge >= 0.3 is 0 Å². The summed E-state index contributed by atoms with van der Waals surface area (Å²) in [6, 6.07) is 3.75. The summed E-state index contributed by atoms with van der Waals surface area (Å²) in [6.07, 6.45) is 5.05. The molecule has 7 heteroatoms. The highest BCUT2D eigenvalue weighted by atomic mass is 16.3. The van der Waals surface area contributed by atoms with Gasteiger partial charge in [-0.05, 0) is 30.9 Å². The predicted octanol–water partition coefficient (Wildman–Crippen LogP) is 1.06. The topological polar surface area (TPSA) is 92.9 Å². The van der Waals surface area contributed by atoms with Crippen LogP contribution in [0.25, 0.3) is 0 Å². The number of amides is 1. The summed E-state index contributed by atoms with van der Waals surface area (Å²) in [7, 11) is 1.91. The van der Waals surface area contributed by atoms with E-state index in [1.54, 1.807) is 12.5 Å². The molecule has 128 valence electrons. The molecule has 2 aromatic heterocycles. The third kappa shape index (κ3) is 3.31. The zero-order chi connectivity index (χ0) is 17.1. The van der Waals surface area contributed by atoms with Crippen LogP contribution in [0.15, 0.2) is 24.7 Å². The molecule has 7 nitrogen and oxygen atoms in total. The van der Waals surface area contributed by atoms with Gasteiger partial charge in [-0.15, -0.1) is 10.2 Å². The van der Waals surface area contributed by atoms with E-state index in [1.165, 1.54) is 0 Å². The van der Waals surface area contributed by atoms with Crippen LogP contribution in [0, 0.1) is 5.92 Å². The van der Waals surface area contributed by atoms with Gasteiger partial charge in [0.2, 0.25) is 0 Å². The second-order valence-corrected chi connectivity index (χ2v) is 6.37. The number of aliphatic hydroxyl groups excluding tert-OH is 1. The van der Waals surface area contributed by atoms with Crippen LogP contribution in [-0.4, -0.2) is 43.4 Å². The van der Waals surface area contributed by atoms with E-state index in [2.05, 4.69) is 20.5 Å². The zero-order valence-electron chi connectivity index (χ0n) is 14.0. The van der Waals surface area contributed by atoms with Crippen LogP contribution in [0.2, 0.25) is 0 Å². The van der Waals surface area contributed by atoms with E-state index in [0.29, 0.717) is 18.7 Å². The predicted molar refractivity (Wildman–Crippen MR) is 88.4 cm³/mol. The van der Waals surface area contributed by atoms with Crippen molar-refractivity contribution in [2.45, 2.75) is 38.2 Å². The second-order valence-electron chi connectivity index (χ2n) is 6.37. The molecule has 1 aliphatic carbocycles. The Morgan fingerprint density at radius 2 is 2.29 bits per heavy atom. The molecule has 24 heavy (non-hydrogen) atoms. The van der Waals surface area contributed by atoms with E-state index < -0.39 is 6.10 Å². The van der Waals surface area contributed by atoms with Gasteiger partial charge in [-0.3, -0.25) is 9.78 Å². The highest BCUT2D eigenvalue weighted by Gasteiger charge is 2.36. The summed E-state index contributed by atoms with van der Waals surface area (Å²) in [5.74, 6) is 0.905. The summed E-state index contributed by atoms with van der Waals surface area (Å²) < 4.78 is 1.89. The lowest BCUT2D eigenvalue weighted by atomic mass is 10.0. The molecule has 0 bridgehead atoms. The fraction of sp³-hybridized carbons (Fsp3) is 0.529. The monoisotopic (exact) mass is 329 g/mol. The third-order valence-corrected chi connectivity index (χ3v) is 4.78. The number of aliphatic hydroxyl groups is 1. The minimum absolute atomic E-state index is 0.0180.